The highest BCUT2D eigenvalue weighted by Crippen LogP contribution is 2.09. The molecule has 1 aromatic rings. The van der Waals surface area contributed by atoms with Crippen LogP contribution in [0.2, 0.25) is 0 Å². The molecule has 0 aromatic heterocycles. The lowest BCUT2D eigenvalue weighted by Crippen LogP contribution is -2.16. The van der Waals surface area contributed by atoms with Crippen molar-refractivity contribution in [1.82, 2.24) is 5.32 Å². The van der Waals surface area contributed by atoms with Gasteiger partial charge in [0.1, 0.15) is 0 Å². The zero-order valence-electron chi connectivity index (χ0n) is 8.22. The zero-order chi connectivity index (χ0) is 9.52. The summed E-state index contributed by atoms with van der Waals surface area (Å²) in [6, 6.07) is 10.3. The topological polar surface area (TPSA) is 12.0 Å². The van der Waals surface area contributed by atoms with Gasteiger partial charge >= 0.3 is 0 Å². The average Bonchev–Trinajstić information content (AvgIpc) is 2.19. The van der Waals surface area contributed by atoms with Crippen LogP contribution in [0.1, 0.15) is 18.9 Å². The molecule has 1 N–H and O–H groups in total. The second-order valence-electron chi connectivity index (χ2n) is 3.15. The van der Waals surface area contributed by atoms with Gasteiger partial charge in [0.25, 0.3) is 0 Å². The lowest BCUT2D eigenvalue weighted by molar-refractivity contribution is 0.735. The predicted octanol–water partition coefficient (Wildman–Crippen LogP) is 2.70. The molecule has 1 aromatic carbocycles. The molecule has 0 spiro atoms. The number of hydrogen-bond donors (Lipinski definition) is 1. The molecule has 0 unspecified atom stereocenters. The Kier molecular flexibility index (Phi) is 4.27. The molecule has 0 fully saturated rings. The molecule has 1 nitrogen and oxygen atoms in total. The first kappa shape index (κ1) is 10.0. The van der Waals surface area contributed by atoms with Crippen molar-refractivity contribution in [2.75, 3.05) is 13.1 Å². The highest BCUT2D eigenvalue weighted by Gasteiger charge is 1.95. The Morgan fingerprint density at radius 3 is 2.62 bits per heavy atom. The van der Waals surface area contributed by atoms with E-state index in [2.05, 4.69) is 31.0 Å². The van der Waals surface area contributed by atoms with Gasteiger partial charge in [0, 0.05) is 6.54 Å². The summed E-state index contributed by atoms with van der Waals surface area (Å²) in [5.41, 5.74) is 2.39. The van der Waals surface area contributed by atoms with Gasteiger partial charge < -0.3 is 5.32 Å². The Balaban J connectivity index is 2.40. The SMILES string of the molecule is C=C(CNCCC)c1ccccc1. The minimum Gasteiger partial charge on any atom is -0.313 e. The van der Waals surface area contributed by atoms with E-state index in [9.17, 15) is 0 Å². The Bertz CT molecular complexity index is 251. The first-order valence-corrected chi connectivity index (χ1v) is 4.78. The molecule has 0 aliphatic heterocycles. The van der Waals surface area contributed by atoms with E-state index in [0.29, 0.717) is 0 Å². The van der Waals surface area contributed by atoms with E-state index in [1.165, 1.54) is 12.0 Å². The van der Waals surface area contributed by atoms with Gasteiger partial charge in [-0.25, -0.2) is 0 Å². The summed E-state index contributed by atoms with van der Waals surface area (Å²) in [5.74, 6) is 0. The summed E-state index contributed by atoms with van der Waals surface area (Å²) < 4.78 is 0. The van der Waals surface area contributed by atoms with Crippen LogP contribution in [0.25, 0.3) is 5.57 Å². The maximum atomic E-state index is 4.03. The molecule has 13 heavy (non-hydrogen) atoms. The van der Waals surface area contributed by atoms with E-state index in [1.54, 1.807) is 0 Å². The fourth-order valence-electron chi connectivity index (χ4n) is 1.19. The van der Waals surface area contributed by atoms with Crippen LogP contribution in [0.15, 0.2) is 36.9 Å². The van der Waals surface area contributed by atoms with E-state index in [1.807, 2.05) is 18.2 Å². The van der Waals surface area contributed by atoms with Crippen molar-refractivity contribution in [1.29, 1.82) is 0 Å². The standard InChI is InChI=1S/C12H17N/c1-3-9-13-10-11(2)12-7-5-4-6-8-12/h4-8,13H,2-3,9-10H2,1H3. The van der Waals surface area contributed by atoms with Gasteiger partial charge in [-0.05, 0) is 24.1 Å². The zero-order valence-corrected chi connectivity index (χ0v) is 8.22. The summed E-state index contributed by atoms with van der Waals surface area (Å²) in [7, 11) is 0. The van der Waals surface area contributed by atoms with Gasteiger partial charge in [-0.2, -0.15) is 0 Å². The Morgan fingerprint density at radius 2 is 2.00 bits per heavy atom. The minimum atomic E-state index is 0.887. The van der Waals surface area contributed by atoms with Crippen LogP contribution >= 0.6 is 0 Å². The number of rotatable bonds is 5. The van der Waals surface area contributed by atoms with Crippen LogP contribution in [0, 0.1) is 0 Å². The third-order valence-corrected chi connectivity index (χ3v) is 1.95. The van der Waals surface area contributed by atoms with E-state index in [0.717, 1.165) is 18.7 Å². The molecule has 0 saturated carbocycles. The normalized spacial score (nSPS) is 9.92. The number of benzene rings is 1. The van der Waals surface area contributed by atoms with E-state index < -0.39 is 0 Å². The molecule has 0 amide bonds. The summed E-state index contributed by atoms with van der Waals surface area (Å²) in [5, 5.41) is 3.33. The molecule has 0 saturated heterocycles. The number of hydrogen-bond acceptors (Lipinski definition) is 1. The van der Waals surface area contributed by atoms with Crippen LogP contribution < -0.4 is 5.32 Å². The fourth-order valence-corrected chi connectivity index (χ4v) is 1.19. The van der Waals surface area contributed by atoms with Crippen molar-refractivity contribution >= 4 is 5.57 Å². The molecule has 0 aliphatic carbocycles. The average molecular weight is 175 g/mol. The fraction of sp³-hybridized carbons (Fsp3) is 0.333. The van der Waals surface area contributed by atoms with Crippen LogP contribution in [0.3, 0.4) is 0 Å². The molecule has 1 rings (SSSR count). The lowest BCUT2D eigenvalue weighted by atomic mass is 10.1. The maximum absolute atomic E-state index is 4.03. The minimum absolute atomic E-state index is 0.887. The maximum Gasteiger partial charge on any atom is 0.0205 e. The summed E-state index contributed by atoms with van der Waals surface area (Å²) >= 11 is 0. The molecule has 0 aliphatic rings. The third-order valence-electron chi connectivity index (χ3n) is 1.95. The molecule has 0 atom stereocenters. The van der Waals surface area contributed by atoms with Crippen molar-refractivity contribution in [2.45, 2.75) is 13.3 Å². The van der Waals surface area contributed by atoms with Crippen molar-refractivity contribution in [2.24, 2.45) is 0 Å². The highest BCUT2D eigenvalue weighted by molar-refractivity contribution is 5.64. The molecular formula is C12H17N. The van der Waals surface area contributed by atoms with E-state index in [4.69, 9.17) is 0 Å². The van der Waals surface area contributed by atoms with Crippen LogP contribution in [-0.2, 0) is 0 Å². The third kappa shape index (κ3) is 3.43. The van der Waals surface area contributed by atoms with Crippen molar-refractivity contribution in [3.63, 3.8) is 0 Å². The number of nitrogens with one attached hydrogen (secondary N) is 1. The van der Waals surface area contributed by atoms with Gasteiger partial charge in [0.15, 0.2) is 0 Å². The summed E-state index contributed by atoms with van der Waals surface area (Å²) in [6.07, 6.45) is 1.17. The van der Waals surface area contributed by atoms with Crippen LogP contribution in [0.4, 0.5) is 0 Å². The van der Waals surface area contributed by atoms with E-state index >= 15 is 0 Å². The largest absolute Gasteiger partial charge is 0.313 e. The highest BCUT2D eigenvalue weighted by atomic mass is 14.8. The molecular weight excluding hydrogens is 158 g/mol. The Morgan fingerprint density at radius 1 is 1.31 bits per heavy atom. The predicted molar refractivity (Wildman–Crippen MR) is 58.6 cm³/mol. The van der Waals surface area contributed by atoms with Gasteiger partial charge in [-0.1, -0.05) is 43.8 Å². The van der Waals surface area contributed by atoms with Gasteiger partial charge in [0.2, 0.25) is 0 Å². The van der Waals surface area contributed by atoms with Crippen molar-refractivity contribution in [3.05, 3.63) is 42.5 Å². The Labute approximate surface area is 80.5 Å². The summed E-state index contributed by atoms with van der Waals surface area (Å²) in [6.45, 7) is 8.15. The second kappa shape index (κ2) is 5.55. The molecule has 0 heterocycles. The first-order chi connectivity index (χ1) is 6.34. The second-order valence-corrected chi connectivity index (χ2v) is 3.15. The van der Waals surface area contributed by atoms with Crippen LogP contribution in [-0.4, -0.2) is 13.1 Å². The van der Waals surface area contributed by atoms with Gasteiger partial charge in [-0.3, -0.25) is 0 Å². The summed E-state index contributed by atoms with van der Waals surface area (Å²) in [4.78, 5) is 0. The lowest BCUT2D eigenvalue weighted by Gasteiger charge is -2.06. The Hall–Kier alpha value is -1.08. The van der Waals surface area contributed by atoms with E-state index in [-0.39, 0.29) is 0 Å². The molecule has 0 bridgehead atoms. The van der Waals surface area contributed by atoms with Gasteiger partial charge in [0.05, 0.1) is 0 Å². The molecule has 1 heteroatoms. The van der Waals surface area contributed by atoms with Gasteiger partial charge in [-0.15, -0.1) is 0 Å². The van der Waals surface area contributed by atoms with Crippen molar-refractivity contribution < 1.29 is 0 Å². The molecule has 70 valence electrons. The van der Waals surface area contributed by atoms with Crippen molar-refractivity contribution in [3.8, 4) is 0 Å². The van der Waals surface area contributed by atoms with Crippen LogP contribution in [0.5, 0.6) is 0 Å². The first-order valence-electron chi connectivity index (χ1n) is 4.78. The quantitative estimate of drug-likeness (QED) is 0.678. The smallest absolute Gasteiger partial charge is 0.0205 e. The molecule has 0 radical (unpaired) electrons. The monoisotopic (exact) mass is 175 g/mol.